The summed E-state index contributed by atoms with van der Waals surface area (Å²) in [6.07, 6.45) is 3.46. The molecule has 2 fully saturated rings. The first-order valence-corrected chi connectivity index (χ1v) is 8.01. The lowest BCUT2D eigenvalue weighted by Gasteiger charge is -2.32. The van der Waals surface area contributed by atoms with E-state index >= 15 is 0 Å². The Balaban J connectivity index is 2.17. The van der Waals surface area contributed by atoms with E-state index in [0.29, 0.717) is 12.0 Å². The van der Waals surface area contributed by atoms with Gasteiger partial charge in [0.05, 0.1) is 17.8 Å². The molecule has 1 heterocycles. The number of carbonyl (C=O) groups is 1. The molecular formula is C16H26BFO4. The Hall–Kier alpha value is -0.875. The summed E-state index contributed by atoms with van der Waals surface area (Å²) in [5.41, 5.74) is -0.771. The van der Waals surface area contributed by atoms with E-state index in [-0.39, 0.29) is 24.2 Å². The van der Waals surface area contributed by atoms with Crippen molar-refractivity contribution < 1.29 is 23.2 Å². The van der Waals surface area contributed by atoms with E-state index in [1.807, 2.05) is 27.7 Å². The second-order valence-corrected chi connectivity index (χ2v) is 7.21. The van der Waals surface area contributed by atoms with Crippen LogP contribution in [0.2, 0.25) is 0 Å². The maximum atomic E-state index is 14.9. The highest BCUT2D eigenvalue weighted by molar-refractivity contribution is 6.53. The Morgan fingerprint density at radius 3 is 2.41 bits per heavy atom. The third-order valence-electron chi connectivity index (χ3n) is 5.00. The third-order valence-corrected chi connectivity index (χ3v) is 5.00. The molecule has 0 radical (unpaired) electrons. The third kappa shape index (κ3) is 3.54. The summed E-state index contributed by atoms with van der Waals surface area (Å²) in [5, 5.41) is 0. The van der Waals surface area contributed by atoms with Crippen LogP contribution in [0.4, 0.5) is 4.39 Å². The van der Waals surface area contributed by atoms with Crippen molar-refractivity contribution in [2.45, 2.75) is 71.5 Å². The van der Waals surface area contributed by atoms with E-state index in [2.05, 4.69) is 0 Å². The van der Waals surface area contributed by atoms with Crippen LogP contribution in [0.5, 0.6) is 0 Å². The maximum absolute atomic E-state index is 14.9. The second-order valence-electron chi connectivity index (χ2n) is 7.21. The number of ether oxygens (including phenoxy) is 1. The molecule has 2 rings (SSSR count). The number of hydrogen-bond donors (Lipinski definition) is 0. The molecule has 1 saturated heterocycles. The van der Waals surface area contributed by atoms with Crippen LogP contribution in [-0.2, 0) is 18.8 Å². The first-order chi connectivity index (χ1) is 10.1. The normalized spacial score (nSPS) is 29.4. The molecule has 22 heavy (non-hydrogen) atoms. The molecule has 124 valence electrons. The van der Waals surface area contributed by atoms with Gasteiger partial charge in [0.1, 0.15) is 5.73 Å². The van der Waals surface area contributed by atoms with Crippen LogP contribution >= 0.6 is 0 Å². The first-order valence-electron chi connectivity index (χ1n) is 8.01. The van der Waals surface area contributed by atoms with Gasteiger partial charge >= 0.3 is 13.1 Å². The number of halogens is 1. The molecule has 0 amide bonds. The molecule has 1 aliphatic carbocycles. The summed E-state index contributed by atoms with van der Waals surface area (Å²) in [4.78, 5) is 11.0. The van der Waals surface area contributed by atoms with Gasteiger partial charge < -0.3 is 14.0 Å². The van der Waals surface area contributed by atoms with Crippen LogP contribution < -0.4 is 0 Å². The maximum Gasteiger partial charge on any atom is 0.525 e. The first kappa shape index (κ1) is 17.5. The predicted octanol–water partition coefficient (Wildman–Crippen LogP) is 3.59. The van der Waals surface area contributed by atoms with Crippen LogP contribution in [0.1, 0.15) is 60.3 Å². The van der Waals surface area contributed by atoms with Crippen molar-refractivity contribution in [2.75, 3.05) is 6.61 Å². The molecule has 0 aromatic carbocycles. The van der Waals surface area contributed by atoms with Gasteiger partial charge in [0, 0.05) is 12.8 Å². The van der Waals surface area contributed by atoms with Gasteiger partial charge in [-0.3, -0.25) is 4.79 Å². The quantitative estimate of drug-likeness (QED) is 0.590. The van der Waals surface area contributed by atoms with Gasteiger partial charge in [-0.25, -0.2) is 4.39 Å². The van der Waals surface area contributed by atoms with Gasteiger partial charge in [0.15, 0.2) is 0 Å². The lowest BCUT2D eigenvalue weighted by atomic mass is 9.75. The van der Waals surface area contributed by atoms with Crippen molar-refractivity contribution in [3.63, 3.8) is 0 Å². The Morgan fingerprint density at radius 2 is 1.86 bits per heavy atom. The molecule has 0 spiro atoms. The SMILES string of the molecule is CC(=O)OCC1CCCCC1=C(F)B1OC(C)(C)C(C)(C)O1. The van der Waals surface area contributed by atoms with Gasteiger partial charge in [-0.1, -0.05) is 6.42 Å². The van der Waals surface area contributed by atoms with E-state index in [1.165, 1.54) is 6.92 Å². The number of carbonyl (C=O) groups excluding carboxylic acids is 1. The predicted molar refractivity (Wildman–Crippen MR) is 82.8 cm³/mol. The lowest BCUT2D eigenvalue weighted by molar-refractivity contribution is -0.142. The smallest absolute Gasteiger partial charge is 0.465 e. The van der Waals surface area contributed by atoms with Gasteiger partial charge in [0.25, 0.3) is 0 Å². The molecule has 1 saturated carbocycles. The van der Waals surface area contributed by atoms with E-state index in [4.69, 9.17) is 14.0 Å². The average Bonchev–Trinajstić information content (AvgIpc) is 2.64. The number of hydrogen-bond acceptors (Lipinski definition) is 4. The highest BCUT2D eigenvalue weighted by atomic mass is 19.1. The topological polar surface area (TPSA) is 44.8 Å². The van der Waals surface area contributed by atoms with Crippen LogP contribution in [0.25, 0.3) is 0 Å². The monoisotopic (exact) mass is 312 g/mol. The fourth-order valence-electron chi connectivity index (χ4n) is 2.90. The standard InChI is InChI=1S/C16H26BFO4/c1-11(19)20-10-12-8-6-7-9-13(12)14(18)17-21-15(2,3)16(4,5)22-17/h12H,6-10H2,1-5H3. The summed E-state index contributed by atoms with van der Waals surface area (Å²) < 4.78 is 31.6. The fraction of sp³-hybridized carbons (Fsp3) is 0.812. The lowest BCUT2D eigenvalue weighted by Crippen LogP contribution is -2.41. The van der Waals surface area contributed by atoms with Gasteiger partial charge in [0.2, 0.25) is 0 Å². The molecule has 0 N–H and O–H groups in total. The summed E-state index contributed by atoms with van der Waals surface area (Å²) in [5.74, 6) is -0.405. The van der Waals surface area contributed by atoms with Crippen molar-refractivity contribution >= 4 is 13.1 Å². The van der Waals surface area contributed by atoms with Gasteiger partial charge in [-0.05, 0) is 52.5 Å². The number of rotatable bonds is 3. The van der Waals surface area contributed by atoms with Crippen LogP contribution in [0, 0.1) is 5.92 Å². The van der Waals surface area contributed by atoms with Crippen molar-refractivity contribution in [1.82, 2.24) is 0 Å². The summed E-state index contributed by atoms with van der Waals surface area (Å²) in [6.45, 7) is 9.23. The molecule has 1 unspecified atom stereocenters. The Labute approximate surface area is 132 Å². The van der Waals surface area contributed by atoms with Crippen molar-refractivity contribution in [3.8, 4) is 0 Å². The van der Waals surface area contributed by atoms with Crippen LogP contribution in [-0.4, -0.2) is 30.9 Å². The Bertz CT molecular complexity index is 457. The highest BCUT2D eigenvalue weighted by Gasteiger charge is 2.53. The largest absolute Gasteiger partial charge is 0.525 e. The Morgan fingerprint density at radius 1 is 1.27 bits per heavy atom. The molecule has 0 aromatic rings. The van der Waals surface area contributed by atoms with Crippen LogP contribution in [0.3, 0.4) is 0 Å². The average molecular weight is 312 g/mol. The molecule has 4 nitrogen and oxygen atoms in total. The summed E-state index contributed by atoms with van der Waals surface area (Å²) in [6, 6.07) is 0. The minimum Gasteiger partial charge on any atom is -0.465 e. The molecular weight excluding hydrogens is 286 g/mol. The van der Waals surface area contributed by atoms with E-state index in [0.717, 1.165) is 19.3 Å². The molecule has 0 aromatic heterocycles. The number of esters is 1. The Kier molecular flexibility index (Phi) is 5.02. The molecule has 1 aliphatic heterocycles. The van der Waals surface area contributed by atoms with Crippen molar-refractivity contribution in [3.05, 3.63) is 11.3 Å². The minimum atomic E-state index is -0.960. The van der Waals surface area contributed by atoms with Crippen molar-refractivity contribution in [2.24, 2.45) is 5.92 Å². The van der Waals surface area contributed by atoms with Gasteiger partial charge in [-0.15, -0.1) is 0 Å². The van der Waals surface area contributed by atoms with Crippen molar-refractivity contribution in [1.29, 1.82) is 0 Å². The van der Waals surface area contributed by atoms with Crippen LogP contribution in [0.15, 0.2) is 11.3 Å². The zero-order valence-electron chi connectivity index (χ0n) is 14.2. The minimum absolute atomic E-state index is 0.0725. The van der Waals surface area contributed by atoms with E-state index < -0.39 is 18.3 Å². The molecule has 0 bridgehead atoms. The summed E-state index contributed by atoms with van der Waals surface area (Å²) >= 11 is 0. The second kappa shape index (κ2) is 6.32. The van der Waals surface area contributed by atoms with E-state index in [9.17, 15) is 9.18 Å². The molecule has 1 atom stereocenters. The molecule has 6 heteroatoms. The zero-order chi connectivity index (χ0) is 16.5. The van der Waals surface area contributed by atoms with Gasteiger partial charge in [-0.2, -0.15) is 0 Å². The fourth-order valence-corrected chi connectivity index (χ4v) is 2.90. The molecule has 2 aliphatic rings. The highest BCUT2D eigenvalue weighted by Crippen LogP contribution is 2.41. The van der Waals surface area contributed by atoms with E-state index in [1.54, 1.807) is 0 Å². The zero-order valence-corrected chi connectivity index (χ0v) is 14.2. The summed E-state index contributed by atoms with van der Waals surface area (Å²) in [7, 11) is -0.960.